The summed E-state index contributed by atoms with van der Waals surface area (Å²) in [4.78, 5) is 10.2. The van der Waals surface area contributed by atoms with E-state index in [9.17, 15) is 9.90 Å². The van der Waals surface area contributed by atoms with Gasteiger partial charge in [0.25, 0.3) is 0 Å². The normalized spacial score (nSPS) is 12.4. The van der Waals surface area contributed by atoms with Crippen molar-refractivity contribution >= 4 is 33.9 Å². The van der Waals surface area contributed by atoms with Gasteiger partial charge in [0.05, 0.1) is 15.4 Å². The van der Waals surface area contributed by atoms with Gasteiger partial charge in [-0.25, -0.2) is 0 Å². The van der Waals surface area contributed by atoms with Crippen molar-refractivity contribution in [3.63, 3.8) is 0 Å². The molecule has 0 saturated heterocycles. The molecule has 0 saturated carbocycles. The Kier molecular flexibility index (Phi) is 4.87. The summed E-state index contributed by atoms with van der Waals surface area (Å²) in [6, 6.07) is 3.58. The molecule has 1 heterocycles. The van der Waals surface area contributed by atoms with E-state index >= 15 is 0 Å². The monoisotopic (exact) mass is 249 g/mol. The van der Waals surface area contributed by atoms with Crippen molar-refractivity contribution in [2.45, 2.75) is 18.9 Å². The molecular weight excluding hydrogens is 238 g/mol. The SMILES string of the molecule is O=C(O)CCC(O)CNc1ccc(Cl)s1. The third-order valence-corrected chi connectivity index (χ3v) is 2.97. The molecule has 1 atom stereocenters. The van der Waals surface area contributed by atoms with Crippen LogP contribution in [0.15, 0.2) is 12.1 Å². The highest BCUT2D eigenvalue weighted by Crippen LogP contribution is 2.25. The molecule has 1 rings (SSSR count). The van der Waals surface area contributed by atoms with Crippen molar-refractivity contribution in [3.8, 4) is 0 Å². The van der Waals surface area contributed by atoms with Crippen molar-refractivity contribution in [3.05, 3.63) is 16.5 Å². The van der Waals surface area contributed by atoms with Crippen LogP contribution in [0.5, 0.6) is 0 Å². The fourth-order valence-electron chi connectivity index (χ4n) is 1.02. The predicted molar refractivity (Wildman–Crippen MR) is 60.7 cm³/mol. The summed E-state index contributed by atoms with van der Waals surface area (Å²) in [7, 11) is 0. The molecule has 0 bridgehead atoms. The molecule has 0 aliphatic carbocycles. The lowest BCUT2D eigenvalue weighted by Crippen LogP contribution is -2.19. The van der Waals surface area contributed by atoms with Crippen molar-refractivity contribution in [2.75, 3.05) is 11.9 Å². The minimum Gasteiger partial charge on any atom is -0.481 e. The number of aliphatic hydroxyl groups is 1. The zero-order valence-corrected chi connectivity index (χ0v) is 9.51. The standard InChI is InChI=1S/C9H12ClNO3S/c10-7-2-3-8(15-7)11-5-6(12)1-4-9(13)14/h2-3,6,11-12H,1,4-5H2,(H,13,14). The topological polar surface area (TPSA) is 69.6 Å². The lowest BCUT2D eigenvalue weighted by molar-refractivity contribution is -0.137. The van der Waals surface area contributed by atoms with Gasteiger partial charge in [-0.05, 0) is 18.6 Å². The van der Waals surface area contributed by atoms with E-state index in [0.29, 0.717) is 10.9 Å². The lowest BCUT2D eigenvalue weighted by Gasteiger charge is -2.09. The average Bonchev–Trinajstić information content (AvgIpc) is 2.58. The summed E-state index contributed by atoms with van der Waals surface area (Å²) < 4.78 is 0.678. The Bertz CT molecular complexity index is 329. The highest BCUT2D eigenvalue weighted by atomic mass is 35.5. The molecular formula is C9H12ClNO3S. The largest absolute Gasteiger partial charge is 0.481 e. The molecule has 0 spiro atoms. The molecule has 0 radical (unpaired) electrons. The molecule has 0 fully saturated rings. The number of carboxylic acids is 1. The third kappa shape index (κ3) is 5.01. The predicted octanol–water partition coefficient (Wildman–Crippen LogP) is 2.04. The van der Waals surface area contributed by atoms with Crippen LogP contribution in [-0.2, 0) is 4.79 Å². The van der Waals surface area contributed by atoms with Crippen LogP contribution in [0.4, 0.5) is 5.00 Å². The minimum atomic E-state index is -0.895. The van der Waals surface area contributed by atoms with Gasteiger partial charge in [0.2, 0.25) is 0 Å². The van der Waals surface area contributed by atoms with Crippen LogP contribution in [0, 0.1) is 0 Å². The Morgan fingerprint density at radius 2 is 2.33 bits per heavy atom. The van der Waals surface area contributed by atoms with Crippen LogP contribution >= 0.6 is 22.9 Å². The number of hydrogen-bond donors (Lipinski definition) is 3. The smallest absolute Gasteiger partial charge is 0.303 e. The van der Waals surface area contributed by atoms with E-state index in [1.54, 1.807) is 6.07 Å². The zero-order chi connectivity index (χ0) is 11.3. The van der Waals surface area contributed by atoms with E-state index in [-0.39, 0.29) is 12.8 Å². The molecule has 0 amide bonds. The van der Waals surface area contributed by atoms with E-state index in [4.69, 9.17) is 16.7 Å². The number of thiophene rings is 1. The van der Waals surface area contributed by atoms with Gasteiger partial charge in [0.15, 0.2) is 0 Å². The molecule has 15 heavy (non-hydrogen) atoms. The van der Waals surface area contributed by atoms with Crippen molar-refractivity contribution in [2.24, 2.45) is 0 Å². The first-order chi connectivity index (χ1) is 7.08. The number of hydrogen-bond acceptors (Lipinski definition) is 4. The van der Waals surface area contributed by atoms with Crippen LogP contribution in [0.2, 0.25) is 4.34 Å². The minimum absolute atomic E-state index is 0.0198. The van der Waals surface area contributed by atoms with E-state index in [1.807, 2.05) is 6.07 Å². The van der Waals surface area contributed by atoms with Gasteiger partial charge in [0.1, 0.15) is 0 Å². The van der Waals surface area contributed by atoms with Gasteiger partial charge in [-0.1, -0.05) is 11.6 Å². The fraction of sp³-hybridized carbons (Fsp3) is 0.444. The van der Waals surface area contributed by atoms with Crippen molar-refractivity contribution in [1.82, 2.24) is 0 Å². The van der Waals surface area contributed by atoms with Crippen LogP contribution in [0.25, 0.3) is 0 Å². The highest BCUT2D eigenvalue weighted by Gasteiger charge is 2.07. The third-order valence-electron chi connectivity index (χ3n) is 1.78. The quantitative estimate of drug-likeness (QED) is 0.722. The first kappa shape index (κ1) is 12.3. The van der Waals surface area contributed by atoms with E-state index in [1.165, 1.54) is 11.3 Å². The van der Waals surface area contributed by atoms with Crippen molar-refractivity contribution in [1.29, 1.82) is 0 Å². The summed E-state index contributed by atoms with van der Waals surface area (Å²) in [5.41, 5.74) is 0. The molecule has 0 aliphatic heterocycles. The molecule has 1 unspecified atom stereocenters. The maximum atomic E-state index is 10.2. The average molecular weight is 250 g/mol. The van der Waals surface area contributed by atoms with E-state index in [0.717, 1.165) is 5.00 Å². The number of carbonyl (C=O) groups is 1. The summed E-state index contributed by atoms with van der Waals surface area (Å²) >= 11 is 7.10. The van der Waals surface area contributed by atoms with Gasteiger partial charge in [-0.3, -0.25) is 4.79 Å². The maximum absolute atomic E-state index is 10.2. The number of aliphatic carboxylic acids is 1. The second kappa shape index (κ2) is 5.95. The van der Waals surface area contributed by atoms with Crippen LogP contribution in [0.3, 0.4) is 0 Å². The molecule has 0 aliphatic rings. The number of carboxylic acid groups (broad SMARTS) is 1. The first-order valence-corrected chi connectivity index (χ1v) is 5.66. The lowest BCUT2D eigenvalue weighted by atomic mass is 10.2. The van der Waals surface area contributed by atoms with Gasteiger partial charge >= 0.3 is 5.97 Å². The molecule has 1 aromatic heterocycles. The maximum Gasteiger partial charge on any atom is 0.303 e. The zero-order valence-electron chi connectivity index (χ0n) is 7.94. The molecule has 3 N–H and O–H groups in total. The fourth-order valence-corrected chi connectivity index (χ4v) is 1.97. The van der Waals surface area contributed by atoms with Crippen LogP contribution in [-0.4, -0.2) is 28.8 Å². The Balaban J connectivity index is 2.22. The van der Waals surface area contributed by atoms with Gasteiger partial charge < -0.3 is 15.5 Å². The van der Waals surface area contributed by atoms with Gasteiger partial charge in [-0.15, -0.1) is 11.3 Å². The molecule has 0 aromatic carbocycles. The summed E-state index contributed by atoms with van der Waals surface area (Å²) in [6.45, 7) is 0.337. The Hall–Kier alpha value is -0.780. The Morgan fingerprint density at radius 3 is 2.87 bits per heavy atom. The molecule has 1 aromatic rings. The highest BCUT2D eigenvalue weighted by molar-refractivity contribution is 7.19. The Morgan fingerprint density at radius 1 is 1.60 bits per heavy atom. The van der Waals surface area contributed by atoms with Crippen LogP contribution in [0.1, 0.15) is 12.8 Å². The number of anilines is 1. The summed E-state index contributed by atoms with van der Waals surface area (Å²) in [5.74, 6) is -0.895. The first-order valence-electron chi connectivity index (χ1n) is 4.47. The molecule has 84 valence electrons. The second-order valence-corrected chi connectivity index (χ2v) is 4.79. The van der Waals surface area contributed by atoms with Gasteiger partial charge in [0, 0.05) is 13.0 Å². The van der Waals surface area contributed by atoms with Crippen LogP contribution < -0.4 is 5.32 Å². The van der Waals surface area contributed by atoms with E-state index in [2.05, 4.69) is 5.32 Å². The Labute approximate surface area is 96.5 Å². The van der Waals surface area contributed by atoms with Crippen molar-refractivity contribution < 1.29 is 15.0 Å². The molecule has 6 heteroatoms. The molecule has 4 nitrogen and oxygen atoms in total. The second-order valence-electron chi connectivity index (χ2n) is 3.07. The van der Waals surface area contributed by atoms with E-state index < -0.39 is 12.1 Å². The van der Waals surface area contributed by atoms with Gasteiger partial charge in [-0.2, -0.15) is 0 Å². The number of halogens is 1. The summed E-state index contributed by atoms with van der Waals surface area (Å²) in [5, 5.41) is 21.7. The number of rotatable bonds is 6. The number of aliphatic hydroxyl groups excluding tert-OH is 1. The number of nitrogens with one attached hydrogen (secondary N) is 1. The summed E-state index contributed by atoms with van der Waals surface area (Å²) in [6.07, 6.45) is -0.419.